The van der Waals surface area contributed by atoms with Gasteiger partial charge < -0.3 is 20.3 Å². The number of halogens is 1. The molecule has 0 bridgehead atoms. The van der Waals surface area contributed by atoms with Crippen LogP contribution in [-0.4, -0.2) is 38.8 Å². The molecule has 28 heavy (non-hydrogen) atoms. The second-order valence-electron chi connectivity index (χ2n) is 7.33. The standard InChI is InChI=1S/C22H28ClN3O2/c1-17(20-8-4-5-9-21(20)23)24-15-22(27)25-14-18-6-2-3-7-19(18)16-26-10-12-28-13-11-26/h2-9,17,24H,10-16H2,1H3,(H,25,27)/p+2/t17-/m0/s1. The van der Waals surface area contributed by atoms with Gasteiger partial charge in [-0.2, -0.15) is 0 Å². The van der Waals surface area contributed by atoms with Gasteiger partial charge in [0, 0.05) is 22.7 Å². The summed E-state index contributed by atoms with van der Waals surface area (Å²) >= 11 is 6.24. The molecule has 6 heteroatoms. The van der Waals surface area contributed by atoms with Crippen molar-refractivity contribution < 1.29 is 19.7 Å². The Labute approximate surface area is 172 Å². The summed E-state index contributed by atoms with van der Waals surface area (Å²) in [5.41, 5.74) is 3.54. The first-order valence-electron chi connectivity index (χ1n) is 9.96. The van der Waals surface area contributed by atoms with Crippen LogP contribution in [-0.2, 0) is 22.6 Å². The Morgan fingerprint density at radius 3 is 2.57 bits per heavy atom. The molecular weight excluding hydrogens is 374 g/mol. The highest BCUT2D eigenvalue weighted by Gasteiger charge is 2.17. The molecule has 1 amide bonds. The number of ether oxygens (including phenoxy) is 1. The molecule has 0 unspecified atom stereocenters. The molecule has 1 fully saturated rings. The van der Waals surface area contributed by atoms with E-state index in [0.717, 1.165) is 43.4 Å². The highest BCUT2D eigenvalue weighted by molar-refractivity contribution is 6.31. The molecule has 0 aliphatic carbocycles. The van der Waals surface area contributed by atoms with E-state index in [-0.39, 0.29) is 11.9 Å². The van der Waals surface area contributed by atoms with Crippen LogP contribution in [0.3, 0.4) is 0 Å². The number of hydrogen-bond donors (Lipinski definition) is 3. The van der Waals surface area contributed by atoms with Crippen molar-refractivity contribution in [2.45, 2.75) is 26.1 Å². The van der Waals surface area contributed by atoms with Gasteiger partial charge in [-0.25, -0.2) is 0 Å². The van der Waals surface area contributed by atoms with E-state index < -0.39 is 0 Å². The summed E-state index contributed by atoms with van der Waals surface area (Å²) in [7, 11) is 0. The van der Waals surface area contributed by atoms with Gasteiger partial charge in [0.25, 0.3) is 5.91 Å². The molecule has 2 aromatic carbocycles. The monoisotopic (exact) mass is 403 g/mol. The van der Waals surface area contributed by atoms with Crippen molar-refractivity contribution in [3.63, 3.8) is 0 Å². The van der Waals surface area contributed by atoms with Gasteiger partial charge in [-0.1, -0.05) is 54.1 Å². The molecule has 5 nitrogen and oxygen atoms in total. The SMILES string of the molecule is C[C@H]([NH2+]CC(=O)NCc1ccccc1C[NH+]1CCOCC1)c1ccccc1Cl. The molecule has 0 aromatic heterocycles. The highest BCUT2D eigenvalue weighted by atomic mass is 35.5. The van der Waals surface area contributed by atoms with Gasteiger partial charge in [0.1, 0.15) is 25.7 Å². The molecule has 150 valence electrons. The molecule has 1 heterocycles. The molecule has 0 radical (unpaired) electrons. The number of carbonyl (C=O) groups is 1. The number of carbonyl (C=O) groups excluding carboxylic acids is 1. The molecule has 3 rings (SSSR count). The van der Waals surface area contributed by atoms with Crippen molar-refractivity contribution in [2.24, 2.45) is 0 Å². The minimum absolute atomic E-state index is 0.0347. The molecule has 1 aliphatic heterocycles. The summed E-state index contributed by atoms with van der Waals surface area (Å²) in [4.78, 5) is 13.9. The summed E-state index contributed by atoms with van der Waals surface area (Å²) in [5, 5.41) is 5.82. The topological polar surface area (TPSA) is 59.4 Å². The fourth-order valence-corrected chi connectivity index (χ4v) is 3.84. The van der Waals surface area contributed by atoms with Crippen LogP contribution in [0.4, 0.5) is 0 Å². The zero-order chi connectivity index (χ0) is 19.8. The summed E-state index contributed by atoms with van der Waals surface area (Å²) in [6.07, 6.45) is 0. The van der Waals surface area contributed by atoms with Crippen molar-refractivity contribution in [1.29, 1.82) is 0 Å². The quantitative estimate of drug-likeness (QED) is 0.607. The van der Waals surface area contributed by atoms with Crippen LogP contribution in [0.2, 0.25) is 5.02 Å². The Morgan fingerprint density at radius 2 is 1.82 bits per heavy atom. The summed E-state index contributed by atoms with van der Waals surface area (Å²) in [6, 6.07) is 16.3. The Balaban J connectivity index is 1.48. The summed E-state index contributed by atoms with van der Waals surface area (Å²) in [6.45, 7) is 7.71. The third-order valence-corrected chi connectivity index (χ3v) is 5.63. The van der Waals surface area contributed by atoms with Crippen LogP contribution in [0.5, 0.6) is 0 Å². The smallest absolute Gasteiger partial charge is 0.275 e. The Hall–Kier alpha value is -1.92. The number of rotatable bonds is 8. The highest BCUT2D eigenvalue weighted by Crippen LogP contribution is 2.19. The number of hydrogen-bond acceptors (Lipinski definition) is 2. The number of quaternary nitrogens is 2. The van der Waals surface area contributed by atoms with Crippen LogP contribution in [0.15, 0.2) is 48.5 Å². The minimum Gasteiger partial charge on any atom is -0.370 e. The maximum Gasteiger partial charge on any atom is 0.275 e. The lowest BCUT2D eigenvalue weighted by atomic mass is 10.1. The van der Waals surface area contributed by atoms with Crippen molar-refractivity contribution in [3.8, 4) is 0 Å². The molecular formula is C22H30ClN3O2+2. The normalized spacial score (nSPS) is 15.9. The Morgan fingerprint density at radius 1 is 1.14 bits per heavy atom. The predicted octanol–water partition coefficient (Wildman–Crippen LogP) is 0.696. The lowest BCUT2D eigenvalue weighted by Gasteiger charge is -2.24. The maximum atomic E-state index is 12.3. The van der Waals surface area contributed by atoms with Crippen molar-refractivity contribution in [3.05, 3.63) is 70.2 Å². The van der Waals surface area contributed by atoms with E-state index in [9.17, 15) is 4.79 Å². The first-order chi connectivity index (χ1) is 13.6. The minimum atomic E-state index is 0.0347. The van der Waals surface area contributed by atoms with E-state index in [1.54, 1.807) is 0 Å². The van der Waals surface area contributed by atoms with Crippen LogP contribution in [0.25, 0.3) is 0 Å². The van der Waals surface area contributed by atoms with Crippen LogP contribution < -0.4 is 15.5 Å². The third kappa shape index (κ3) is 6.04. The number of nitrogens with one attached hydrogen (secondary N) is 2. The number of amides is 1. The first kappa shape index (κ1) is 20.8. The molecule has 0 saturated carbocycles. The second-order valence-corrected chi connectivity index (χ2v) is 7.74. The van der Waals surface area contributed by atoms with Gasteiger partial charge >= 0.3 is 0 Å². The van der Waals surface area contributed by atoms with Gasteiger partial charge in [-0.3, -0.25) is 4.79 Å². The number of morpholine rings is 1. The number of nitrogens with two attached hydrogens (primary N) is 1. The molecule has 4 N–H and O–H groups in total. The van der Waals surface area contributed by atoms with Gasteiger partial charge in [0.2, 0.25) is 0 Å². The first-order valence-corrected chi connectivity index (χ1v) is 10.3. The van der Waals surface area contributed by atoms with E-state index >= 15 is 0 Å². The van der Waals surface area contributed by atoms with Crippen LogP contribution in [0, 0.1) is 0 Å². The zero-order valence-corrected chi connectivity index (χ0v) is 17.2. The van der Waals surface area contributed by atoms with Gasteiger partial charge in [0.05, 0.1) is 13.2 Å². The van der Waals surface area contributed by atoms with E-state index in [4.69, 9.17) is 16.3 Å². The van der Waals surface area contributed by atoms with Gasteiger partial charge in [-0.15, -0.1) is 0 Å². The summed E-state index contributed by atoms with van der Waals surface area (Å²) < 4.78 is 5.44. The van der Waals surface area contributed by atoms with Gasteiger partial charge in [0.15, 0.2) is 6.54 Å². The van der Waals surface area contributed by atoms with E-state index in [1.165, 1.54) is 16.0 Å². The van der Waals surface area contributed by atoms with E-state index in [0.29, 0.717) is 13.1 Å². The maximum absolute atomic E-state index is 12.3. The Kier molecular flexibility index (Phi) is 7.86. The average molecular weight is 404 g/mol. The zero-order valence-electron chi connectivity index (χ0n) is 16.4. The second kappa shape index (κ2) is 10.6. The van der Waals surface area contributed by atoms with Gasteiger partial charge in [-0.05, 0) is 18.6 Å². The largest absolute Gasteiger partial charge is 0.370 e. The number of benzene rings is 2. The fraction of sp³-hybridized carbons (Fsp3) is 0.409. The van der Waals surface area contributed by atoms with Crippen molar-refractivity contribution >= 4 is 17.5 Å². The lowest BCUT2D eigenvalue weighted by molar-refractivity contribution is -0.921. The predicted molar refractivity (Wildman–Crippen MR) is 110 cm³/mol. The Bertz CT molecular complexity index is 778. The molecule has 1 saturated heterocycles. The fourth-order valence-electron chi connectivity index (χ4n) is 3.53. The third-order valence-electron chi connectivity index (χ3n) is 5.29. The summed E-state index contributed by atoms with van der Waals surface area (Å²) in [5.74, 6) is 0.0347. The lowest BCUT2D eigenvalue weighted by Crippen LogP contribution is -3.12. The molecule has 1 atom stereocenters. The van der Waals surface area contributed by atoms with E-state index in [1.807, 2.05) is 35.6 Å². The average Bonchev–Trinajstić information content (AvgIpc) is 2.72. The van der Waals surface area contributed by atoms with Crippen molar-refractivity contribution in [2.75, 3.05) is 32.8 Å². The van der Waals surface area contributed by atoms with Crippen LogP contribution >= 0.6 is 11.6 Å². The molecule has 2 aromatic rings. The van der Waals surface area contributed by atoms with Crippen molar-refractivity contribution in [1.82, 2.24) is 5.32 Å². The molecule has 0 spiro atoms. The van der Waals surface area contributed by atoms with Crippen LogP contribution in [0.1, 0.15) is 29.7 Å². The molecule has 1 aliphatic rings. The van der Waals surface area contributed by atoms with E-state index in [2.05, 4.69) is 30.4 Å².